The highest BCUT2D eigenvalue weighted by Gasteiger charge is 2.41. The van der Waals surface area contributed by atoms with Crippen molar-refractivity contribution in [2.24, 2.45) is 0 Å². The van der Waals surface area contributed by atoms with Crippen LogP contribution in [-0.4, -0.2) is 14.2 Å². The molecule has 0 saturated heterocycles. The third kappa shape index (κ3) is 2.80. The lowest BCUT2D eigenvalue weighted by molar-refractivity contribution is -0.326. The molecule has 122 valence electrons. The van der Waals surface area contributed by atoms with Crippen LogP contribution < -0.4 is 4.74 Å². The van der Waals surface area contributed by atoms with Gasteiger partial charge in [0.05, 0.1) is 14.2 Å². The van der Waals surface area contributed by atoms with Crippen molar-refractivity contribution in [1.82, 2.24) is 0 Å². The van der Waals surface area contributed by atoms with Gasteiger partial charge in [0.15, 0.2) is 5.60 Å². The number of hydrogen-bond donors (Lipinski definition) is 0. The van der Waals surface area contributed by atoms with Gasteiger partial charge >= 0.3 is 0 Å². The van der Waals surface area contributed by atoms with Crippen molar-refractivity contribution < 1.29 is 14.5 Å². The van der Waals surface area contributed by atoms with Gasteiger partial charge in [-0.1, -0.05) is 78.9 Å². The number of hydrogen-bond acceptors (Lipinski definition) is 3. The van der Waals surface area contributed by atoms with Crippen LogP contribution in [0.4, 0.5) is 0 Å². The molecule has 0 spiro atoms. The summed E-state index contributed by atoms with van der Waals surface area (Å²) in [6, 6.07) is 27.8. The van der Waals surface area contributed by atoms with Gasteiger partial charge in [0.2, 0.25) is 0 Å². The minimum atomic E-state index is -0.927. The first-order valence-corrected chi connectivity index (χ1v) is 7.79. The zero-order valence-electron chi connectivity index (χ0n) is 13.8. The van der Waals surface area contributed by atoms with Crippen molar-refractivity contribution in [3.63, 3.8) is 0 Å². The fourth-order valence-electron chi connectivity index (χ4n) is 3.03. The second-order valence-electron chi connectivity index (χ2n) is 5.36. The van der Waals surface area contributed by atoms with E-state index in [-0.39, 0.29) is 0 Å². The van der Waals surface area contributed by atoms with E-state index in [0.29, 0.717) is 0 Å². The van der Waals surface area contributed by atoms with Crippen LogP contribution in [0.15, 0.2) is 84.9 Å². The van der Waals surface area contributed by atoms with E-state index in [4.69, 9.17) is 14.5 Å². The number of para-hydroxylation sites is 1. The predicted octanol–water partition coefficient (Wildman–Crippen LogP) is 4.57. The lowest BCUT2D eigenvalue weighted by atomic mass is 9.80. The Kier molecular flexibility index (Phi) is 4.94. The quantitative estimate of drug-likeness (QED) is 0.378. The Hall–Kier alpha value is -2.62. The minimum absolute atomic E-state index is 0.738. The molecule has 0 radical (unpaired) electrons. The first-order chi connectivity index (χ1) is 11.8. The van der Waals surface area contributed by atoms with Gasteiger partial charge in [0, 0.05) is 5.56 Å². The molecule has 0 heterocycles. The van der Waals surface area contributed by atoms with E-state index in [9.17, 15) is 0 Å². The zero-order chi connectivity index (χ0) is 16.8. The molecule has 0 fully saturated rings. The SMILES string of the molecule is COOC(c1ccccc1)(c1ccccc1)c1ccccc1OC. The van der Waals surface area contributed by atoms with Gasteiger partial charge in [-0.3, -0.25) is 0 Å². The lowest BCUT2D eigenvalue weighted by Crippen LogP contribution is -2.33. The monoisotopic (exact) mass is 320 g/mol. The highest BCUT2D eigenvalue weighted by Crippen LogP contribution is 2.44. The third-order valence-electron chi connectivity index (χ3n) is 4.06. The van der Waals surface area contributed by atoms with E-state index in [1.807, 2.05) is 84.9 Å². The summed E-state index contributed by atoms with van der Waals surface area (Å²) in [5.41, 5.74) is 1.88. The van der Waals surface area contributed by atoms with Crippen LogP contribution in [-0.2, 0) is 15.4 Å². The van der Waals surface area contributed by atoms with Crippen LogP contribution in [0.25, 0.3) is 0 Å². The molecule has 0 N–H and O–H groups in total. The highest BCUT2D eigenvalue weighted by molar-refractivity contribution is 5.52. The van der Waals surface area contributed by atoms with Crippen LogP contribution in [0.3, 0.4) is 0 Å². The summed E-state index contributed by atoms with van der Waals surface area (Å²) < 4.78 is 5.61. The maximum absolute atomic E-state index is 5.95. The summed E-state index contributed by atoms with van der Waals surface area (Å²) in [4.78, 5) is 11.2. The summed E-state index contributed by atoms with van der Waals surface area (Å²) in [7, 11) is 3.18. The molecule has 24 heavy (non-hydrogen) atoms. The third-order valence-corrected chi connectivity index (χ3v) is 4.06. The van der Waals surface area contributed by atoms with Crippen LogP contribution in [0.5, 0.6) is 5.75 Å². The summed E-state index contributed by atoms with van der Waals surface area (Å²) in [5.74, 6) is 0.738. The molecule has 0 unspecified atom stereocenters. The van der Waals surface area contributed by atoms with Crippen molar-refractivity contribution >= 4 is 0 Å². The van der Waals surface area contributed by atoms with Crippen LogP contribution >= 0.6 is 0 Å². The van der Waals surface area contributed by atoms with Crippen LogP contribution in [0.2, 0.25) is 0 Å². The Labute approximate surface area is 142 Å². The molecule has 0 aliphatic carbocycles. The molecule has 0 saturated carbocycles. The van der Waals surface area contributed by atoms with E-state index >= 15 is 0 Å². The molecular formula is C21H20O3. The van der Waals surface area contributed by atoms with Gasteiger partial charge < -0.3 is 4.74 Å². The molecule has 3 nitrogen and oxygen atoms in total. The van der Waals surface area contributed by atoms with Crippen molar-refractivity contribution in [3.05, 3.63) is 102 Å². The highest BCUT2D eigenvalue weighted by atomic mass is 17.2. The lowest BCUT2D eigenvalue weighted by Gasteiger charge is -2.34. The van der Waals surface area contributed by atoms with Crippen LogP contribution in [0, 0.1) is 0 Å². The molecule has 0 aliphatic rings. The first-order valence-electron chi connectivity index (χ1n) is 7.79. The number of methoxy groups -OCH3 is 1. The van der Waals surface area contributed by atoms with E-state index < -0.39 is 5.60 Å². The number of ether oxygens (including phenoxy) is 1. The topological polar surface area (TPSA) is 27.7 Å². The van der Waals surface area contributed by atoms with E-state index in [1.165, 1.54) is 7.11 Å². The Morgan fingerprint density at radius 3 is 1.62 bits per heavy atom. The smallest absolute Gasteiger partial charge is 0.182 e. The van der Waals surface area contributed by atoms with E-state index in [1.54, 1.807) is 7.11 Å². The maximum atomic E-state index is 5.95. The van der Waals surface area contributed by atoms with Gasteiger partial charge in [-0.15, -0.1) is 0 Å². The first kappa shape index (κ1) is 16.2. The molecule has 3 aromatic rings. The Balaban J connectivity index is 2.35. The molecule has 3 heteroatoms. The summed E-state index contributed by atoms with van der Waals surface area (Å²) >= 11 is 0. The standard InChI is InChI=1S/C21H20O3/c1-22-20-16-10-9-15-19(20)21(24-23-2,17-11-5-3-6-12-17)18-13-7-4-8-14-18/h3-16H,1-2H3. The van der Waals surface area contributed by atoms with E-state index in [0.717, 1.165) is 22.4 Å². The normalized spacial score (nSPS) is 11.2. The average molecular weight is 320 g/mol. The van der Waals surface area contributed by atoms with Gasteiger partial charge in [-0.05, 0) is 17.2 Å². The fraction of sp³-hybridized carbons (Fsp3) is 0.143. The van der Waals surface area contributed by atoms with Gasteiger partial charge in [0.25, 0.3) is 0 Å². The molecule has 0 amide bonds. The van der Waals surface area contributed by atoms with Crippen molar-refractivity contribution in [2.45, 2.75) is 5.60 Å². The second kappa shape index (κ2) is 7.30. The van der Waals surface area contributed by atoms with Crippen molar-refractivity contribution in [2.75, 3.05) is 14.2 Å². The molecule has 0 atom stereocenters. The molecule has 3 aromatic carbocycles. The van der Waals surface area contributed by atoms with Gasteiger partial charge in [-0.25, -0.2) is 9.78 Å². The molecule has 0 bridgehead atoms. The van der Waals surface area contributed by atoms with Crippen molar-refractivity contribution in [1.29, 1.82) is 0 Å². The molecule has 3 rings (SSSR count). The Bertz CT molecular complexity index is 730. The fourth-order valence-corrected chi connectivity index (χ4v) is 3.03. The molecular weight excluding hydrogens is 300 g/mol. The Morgan fingerprint density at radius 2 is 1.12 bits per heavy atom. The zero-order valence-corrected chi connectivity index (χ0v) is 13.8. The second-order valence-corrected chi connectivity index (χ2v) is 5.36. The minimum Gasteiger partial charge on any atom is -0.496 e. The summed E-state index contributed by atoms with van der Waals surface area (Å²) in [6.45, 7) is 0. The number of benzene rings is 3. The Morgan fingerprint density at radius 1 is 0.625 bits per heavy atom. The number of rotatable bonds is 6. The maximum Gasteiger partial charge on any atom is 0.182 e. The van der Waals surface area contributed by atoms with Gasteiger partial charge in [0.1, 0.15) is 5.75 Å². The average Bonchev–Trinajstić information content (AvgIpc) is 2.67. The largest absolute Gasteiger partial charge is 0.496 e. The predicted molar refractivity (Wildman–Crippen MR) is 93.9 cm³/mol. The molecule has 0 aromatic heterocycles. The van der Waals surface area contributed by atoms with Crippen LogP contribution in [0.1, 0.15) is 16.7 Å². The summed E-state index contributed by atoms with van der Waals surface area (Å²) in [5, 5.41) is 0. The summed E-state index contributed by atoms with van der Waals surface area (Å²) in [6.07, 6.45) is 0. The van der Waals surface area contributed by atoms with E-state index in [2.05, 4.69) is 0 Å². The van der Waals surface area contributed by atoms with Crippen molar-refractivity contribution in [3.8, 4) is 5.75 Å². The molecule has 0 aliphatic heterocycles. The van der Waals surface area contributed by atoms with Gasteiger partial charge in [-0.2, -0.15) is 0 Å².